The Morgan fingerprint density at radius 2 is 2.00 bits per heavy atom. The molecule has 2 aliphatic rings. The van der Waals surface area contributed by atoms with Gasteiger partial charge < -0.3 is 10.1 Å². The first-order valence-corrected chi connectivity index (χ1v) is 7.01. The molecule has 0 spiro atoms. The molecule has 0 aliphatic carbocycles. The molecule has 0 radical (unpaired) electrons. The fourth-order valence-corrected chi connectivity index (χ4v) is 2.77. The second-order valence-corrected chi connectivity index (χ2v) is 5.24. The molecule has 2 amide bonds. The molecule has 2 saturated heterocycles. The first kappa shape index (κ1) is 13.3. The third kappa shape index (κ3) is 2.59. The number of rotatable bonds is 3. The van der Waals surface area contributed by atoms with E-state index >= 15 is 0 Å². The van der Waals surface area contributed by atoms with E-state index in [1.54, 1.807) is 12.1 Å². The Morgan fingerprint density at radius 1 is 1.20 bits per heavy atom. The number of hydrogen-bond donors (Lipinski definition) is 1. The zero-order valence-electron chi connectivity index (χ0n) is 11.2. The highest BCUT2D eigenvalue weighted by Crippen LogP contribution is 2.23. The average Bonchev–Trinajstić information content (AvgIpc) is 2.75. The van der Waals surface area contributed by atoms with Crippen molar-refractivity contribution < 1.29 is 14.3 Å². The van der Waals surface area contributed by atoms with Crippen LogP contribution in [0, 0.1) is 0 Å². The van der Waals surface area contributed by atoms with Crippen molar-refractivity contribution >= 4 is 17.5 Å². The molecule has 1 aromatic rings. The molecule has 20 heavy (non-hydrogen) atoms. The van der Waals surface area contributed by atoms with Crippen LogP contribution in [-0.2, 0) is 14.3 Å². The van der Waals surface area contributed by atoms with Crippen molar-refractivity contribution in [3.63, 3.8) is 0 Å². The van der Waals surface area contributed by atoms with Crippen molar-refractivity contribution in [2.24, 2.45) is 0 Å². The molecule has 5 nitrogen and oxygen atoms in total. The maximum Gasteiger partial charge on any atom is 0.251 e. The summed E-state index contributed by atoms with van der Waals surface area (Å²) in [7, 11) is 0. The molecule has 2 heterocycles. The summed E-state index contributed by atoms with van der Waals surface area (Å²) in [5.74, 6) is -0.304. The first-order valence-electron chi connectivity index (χ1n) is 7.01. The summed E-state index contributed by atoms with van der Waals surface area (Å²) in [6, 6.07) is 8.82. The number of amides is 2. The summed E-state index contributed by atoms with van der Waals surface area (Å²) in [5, 5.41) is 3.26. The summed E-state index contributed by atoms with van der Waals surface area (Å²) < 4.78 is 5.39. The maximum absolute atomic E-state index is 12.4. The fourth-order valence-electron chi connectivity index (χ4n) is 2.77. The predicted molar refractivity (Wildman–Crippen MR) is 74.3 cm³/mol. The molecule has 0 saturated carbocycles. The van der Waals surface area contributed by atoms with Crippen LogP contribution >= 0.6 is 0 Å². The molecule has 2 unspecified atom stereocenters. The van der Waals surface area contributed by atoms with Crippen molar-refractivity contribution in [3.05, 3.63) is 30.3 Å². The van der Waals surface area contributed by atoms with Gasteiger partial charge in [-0.1, -0.05) is 18.2 Å². The summed E-state index contributed by atoms with van der Waals surface area (Å²) in [6.45, 7) is 1.40. The van der Waals surface area contributed by atoms with E-state index in [2.05, 4.69) is 5.32 Å². The van der Waals surface area contributed by atoms with E-state index in [0.717, 1.165) is 19.4 Å². The maximum atomic E-state index is 12.4. The van der Waals surface area contributed by atoms with Crippen LogP contribution in [0.3, 0.4) is 0 Å². The van der Waals surface area contributed by atoms with E-state index in [9.17, 15) is 9.59 Å². The van der Waals surface area contributed by atoms with Gasteiger partial charge in [-0.2, -0.15) is 0 Å². The van der Waals surface area contributed by atoms with Crippen molar-refractivity contribution in [2.75, 3.05) is 18.1 Å². The van der Waals surface area contributed by atoms with Crippen molar-refractivity contribution in [1.29, 1.82) is 0 Å². The molecule has 3 rings (SSSR count). The van der Waals surface area contributed by atoms with Crippen LogP contribution in [0.5, 0.6) is 0 Å². The van der Waals surface area contributed by atoms with Crippen molar-refractivity contribution in [3.8, 4) is 0 Å². The van der Waals surface area contributed by atoms with Gasteiger partial charge in [-0.05, 0) is 25.0 Å². The highest BCUT2D eigenvalue weighted by atomic mass is 16.5. The van der Waals surface area contributed by atoms with E-state index in [1.165, 1.54) is 4.90 Å². The van der Waals surface area contributed by atoms with Crippen LogP contribution in [0.1, 0.15) is 19.3 Å². The predicted octanol–water partition coefficient (Wildman–Crippen LogP) is 1.09. The van der Waals surface area contributed by atoms with Gasteiger partial charge in [0, 0.05) is 12.6 Å². The van der Waals surface area contributed by atoms with E-state index in [1.807, 2.05) is 18.2 Å². The van der Waals surface area contributed by atoms with Gasteiger partial charge >= 0.3 is 0 Å². The summed E-state index contributed by atoms with van der Waals surface area (Å²) in [6.07, 6.45) is 2.21. The zero-order chi connectivity index (χ0) is 13.9. The molecule has 5 heteroatoms. The minimum Gasteiger partial charge on any atom is -0.380 e. The Hall–Kier alpha value is -1.72. The fraction of sp³-hybridized carbons (Fsp3) is 0.467. The van der Waals surface area contributed by atoms with Crippen LogP contribution in [0.25, 0.3) is 0 Å². The van der Waals surface area contributed by atoms with Crippen LogP contribution in [0.2, 0.25) is 0 Å². The van der Waals surface area contributed by atoms with Crippen LogP contribution < -0.4 is 10.2 Å². The molecule has 2 fully saturated rings. The van der Waals surface area contributed by atoms with Gasteiger partial charge in [0.25, 0.3) is 5.91 Å². The van der Waals surface area contributed by atoms with Gasteiger partial charge in [-0.3, -0.25) is 9.59 Å². The minimum absolute atomic E-state index is 0.143. The number of carbonyl (C=O) groups excluding carboxylic acids is 2. The quantitative estimate of drug-likeness (QED) is 0.838. The van der Waals surface area contributed by atoms with E-state index in [0.29, 0.717) is 12.3 Å². The van der Waals surface area contributed by atoms with E-state index in [4.69, 9.17) is 4.74 Å². The third-order valence-electron chi connectivity index (χ3n) is 3.76. The topological polar surface area (TPSA) is 58.6 Å². The molecule has 2 aliphatic heterocycles. The lowest BCUT2D eigenvalue weighted by atomic mass is 10.1. The third-order valence-corrected chi connectivity index (χ3v) is 3.76. The largest absolute Gasteiger partial charge is 0.380 e. The molecule has 2 atom stereocenters. The molecule has 0 aromatic heterocycles. The second-order valence-electron chi connectivity index (χ2n) is 5.24. The summed E-state index contributed by atoms with van der Waals surface area (Å²) in [4.78, 5) is 25.7. The highest BCUT2D eigenvalue weighted by Gasteiger charge is 2.40. The lowest BCUT2D eigenvalue weighted by molar-refractivity contribution is -0.121. The smallest absolute Gasteiger partial charge is 0.251 e. The number of para-hydroxylation sites is 1. The van der Waals surface area contributed by atoms with Crippen LogP contribution in [0.15, 0.2) is 30.3 Å². The zero-order valence-corrected chi connectivity index (χ0v) is 11.2. The number of imide groups is 1. The number of nitrogens with zero attached hydrogens (tertiary/aromatic N) is 1. The Morgan fingerprint density at radius 3 is 2.70 bits per heavy atom. The average molecular weight is 274 g/mol. The number of nitrogens with one attached hydrogen (secondary N) is 1. The second kappa shape index (κ2) is 5.73. The van der Waals surface area contributed by atoms with Gasteiger partial charge in [-0.15, -0.1) is 0 Å². The Labute approximate surface area is 117 Å². The van der Waals surface area contributed by atoms with E-state index in [-0.39, 0.29) is 24.3 Å². The molecule has 106 valence electrons. The van der Waals surface area contributed by atoms with E-state index < -0.39 is 6.04 Å². The van der Waals surface area contributed by atoms with Crippen molar-refractivity contribution in [1.82, 2.24) is 5.32 Å². The number of benzene rings is 1. The normalized spacial score (nSPS) is 27.1. The SMILES string of the molecule is O=C1CC(NC2CCCOC2)C(=O)N1c1ccccc1. The minimum atomic E-state index is -0.422. The molecular formula is C15H18N2O3. The van der Waals surface area contributed by atoms with Crippen LogP contribution in [-0.4, -0.2) is 37.1 Å². The van der Waals surface area contributed by atoms with Gasteiger partial charge in [0.1, 0.15) is 0 Å². The summed E-state index contributed by atoms with van der Waals surface area (Å²) in [5.41, 5.74) is 0.645. The van der Waals surface area contributed by atoms with Gasteiger partial charge in [0.15, 0.2) is 0 Å². The lowest BCUT2D eigenvalue weighted by Crippen LogP contribution is -2.47. The standard InChI is InChI=1S/C15H18N2O3/c18-14-9-13(16-11-5-4-8-20-10-11)15(19)17(14)12-6-2-1-3-7-12/h1-3,6-7,11,13,16H,4-5,8-10H2. The van der Waals surface area contributed by atoms with Gasteiger partial charge in [0.2, 0.25) is 5.91 Å². The first-order chi connectivity index (χ1) is 9.75. The summed E-state index contributed by atoms with van der Waals surface area (Å²) >= 11 is 0. The molecule has 1 N–H and O–H groups in total. The number of carbonyl (C=O) groups is 2. The number of hydrogen-bond acceptors (Lipinski definition) is 4. The molecule has 1 aromatic carbocycles. The highest BCUT2D eigenvalue weighted by molar-refractivity contribution is 6.22. The Balaban J connectivity index is 1.70. The number of ether oxygens (including phenoxy) is 1. The van der Waals surface area contributed by atoms with Crippen LogP contribution in [0.4, 0.5) is 5.69 Å². The number of anilines is 1. The molecule has 0 bridgehead atoms. The van der Waals surface area contributed by atoms with Crippen molar-refractivity contribution in [2.45, 2.75) is 31.3 Å². The Bertz CT molecular complexity index is 497. The van der Waals surface area contributed by atoms with Gasteiger partial charge in [0.05, 0.1) is 24.8 Å². The lowest BCUT2D eigenvalue weighted by Gasteiger charge is -2.25. The molecular weight excluding hydrogens is 256 g/mol. The Kier molecular flexibility index (Phi) is 3.80. The monoisotopic (exact) mass is 274 g/mol. The van der Waals surface area contributed by atoms with Gasteiger partial charge in [-0.25, -0.2) is 4.90 Å².